The highest BCUT2D eigenvalue weighted by atomic mass is 16.2. The number of amides is 2. The Morgan fingerprint density at radius 1 is 1.08 bits per heavy atom. The number of rotatable bonds is 6. The molecule has 11 nitrogen and oxygen atoms in total. The summed E-state index contributed by atoms with van der Waals surface area (Å²) in [7, 11) is 0. The van der Waals surface area contributed by atoms with Crippen LogP contribution in [-0.4, -0.2) is 67.5 Å². The molecule has 2 amide bonds. The second-order valence-electron chi connectivity index (χ2n) is 9.73. The van der Waals surface area contributed by atoms with Crippen molar-refractivity contribution in [1.82, 2.24) is 29.5 Å². The molecule has 1 saturated heterocycles. The molecule has 0 radical (unpaired) electrons. The first-order valence-electron chi connectivity index (χ1n) is 12.5. The zero-order chi connectivity index (χ0) is 26.7. The van der Waals surface area contributed by atoms with Gasteiger partial charge in [0.2, 0.25) is 11.9 Å². The quantitative estimate of drug-likeness (QED) is 0.534. The van der Waals surface area contributed by atoms with Crippen molar-refractivity contribution in [3.05, 3.63) is 54.5 Å². The number of carbonyl (C=O) groups is 2. The molecule has 1 saturated carbocycles. The Labute approximate surface area is 220 Å². The number of benzene rings is 1. The lowest BCUT2D eigenvalue weighted by molar-refractivity contribution is -0.130. The number of carbonyl (C=O) groups excluding carboxylic acids is 2. The number of nitrogens with one attached hydrogen (secondary N) is 1. The molecular formula is C27H27N9O2. The molecule has 38 heavy (non-hydrogen) atoms. The fourth-order valence-electron chi connectivity index (χ4n) is 5.03. The van der Waals surface area contributed by atoms with Gasteiger partial charge in [0.1, 0.15) is 0 Å². The van der Waals surface area contributed by atoms with Gasteiger partial charge in [-0.25, -0.2) is 9.97 Å². The van der Waals surface area contributed by atoms with Gasteiger partial charge in [-0.2, -0.15) is 15.6 Å². The Bertz CT molecular complexity index is 1420. The third-order valence-electron chi connectivity index (χ3n) is 7.26. The third-order valence-corrected chi connectivity index (χ3v) is 7.26. The highest BCUT2D eigenvalue weighted by molar-refractivity contribution is 5.94. The van der Waals surface area contributed by atoms with Crippen molar-refractivity contribution in [3.8, 4) is 23.4 Å². The van der Waals surface area contributed by atoms with Gasteiger partial charge in [0, 0.05) is 62.3 Å². The van der Waals surface area contributed by atoms with E-state index in [0.29, 0.717) is 62.6 Å². The molecule has 11 heteroatoms. The second kappa shape index (κ2) is 10.3. The smallest absolute Gasteiger partial charge is 0.253 e. The standard InChI is InChI=1S/C27H27N9O2/c1-19(37)34-10-12-35(13-11-34)25(38)21-2-4-23(5-3-21)32-26-30-9-6-24(33-26)22-17-31-36(18-22)27(7-8-28)14-20(15-27)16-29/h2-6,9,17-18,20H,7,10-15H2,1H3,(H,30,32,33). The summed E-state index contributed by atoms with van der Waals surface area (Å²) < 4.78 is 1.80. The summed E-state index contributed by atoms with van der Waals surface area (Å²) in [6.07, 6.45) is 6.76. The molecule has 5 rings (SSSR count). The molecular weight excluding hydrogens is 482 g/mol. The summed E-state index contributed by atoms with van der Waals surface area (Å²) in [4.78, 5) is 36.8. The molecule has 0 bridgehead atoms. The van der Waals surface area contributed by atoms with E-state index < -0.39 is 5.54 Å². The summed E-state index contributed by atoms with van der Waals surface area (Å²) >= 11 is 0. The number of anilines is 2. The van der Waals surface area contributed by atoms with Crippen molar-refractivity contribution < 1.29 is 9.59 Å². The minimum atomic E-state index is -0.443. The zero-order valence-corrected chi connectivity index (χ0v) is 21.0. The number of piperazine rings is 1. The van der Waals surface area contributed by atoms with E-state index in [1.807, 2.05) is 6.20 Å². The predicted octanol–water partition coefficient (Wildman–Crippen LogP) is 2.93. The number of hydrogen-bond acceptors (Lipinski definition) is 8. The lowest BCUT2D eigenvalue weighted by Crippen LogP contribution is -2.50. The van der Waals surface area contributed by atoms with Crippen LogP contribution in [0, 0.1) is 28.6 Å². The number of nitrogens with zero attached hydrogens (tertiary/aromatic N) is 8. The number of nitriles is 2. The summed E-state index contributed by atoms with van der Waals surface area (Å²) in [5.41, 5.74) is 2.34. The van der Waals surface area contributed by atoms with Gasteiger partial charge in [0.05, 0.1) is 41.9 Å². The fourth-order valence-corrected chi connectivity index (χ4v) is 5.03. The highest BCUT2D eigenvalue weighted by Crippen LogP contribution is 2.46. The Kier molecular flexibility index (Phi) is 6.75. The SMILES string of the molecule is CC(=O)N1CCN(C(=O)c2ccc(Nc3nccc(-c4cnn(C5(CC#N)CC(C#N)C5)c4)n3)cc2)CC1. The average molecular weight is 510 g/mol. The first-order valence-corrected chi connectivity index (χ1v) is 12.5. The Balaban J connectivity index is 1.24. The van der Waals surface area contributed by atoms with E-state index in [-0.39, 0.29) is 17.7 Å². The van der Waals surface area contributed by atoms with Crippen LogP contribution < -0.4 is 5.32 Å². The molecule has 2 fully saturated rings. The van der Waals surface area contributed by atoms with Crippen LogP contribution in [0.4, 0.5) is 11.6 Å². The summed E-state index contributed by atoms with van der Waals surface area (Å²) in [5, 5.41) is 26.1. The van der Waals surface area contributed by atoms with Crippen LogP contribution >= 0.6 is 0 Å². The summed E-state index contributed by atoms with van der Waals surface area (Å²) in [5.74, 6) is 0.318. The van der Waals surface area contributed by atoms with E-state index in [0.717, 1.165) is 11.3 Å². The van der Waals surface area contributed by atoms with Crippen LogP contribution in [0.15, 0.2) is 48.9 Å². The maximum atomic E-state index is 12.9. The number of aromatic nitrogens is 4. The van der Waals surface area contributed by atoms with Crippen molar-refractivity contribution >= 4 is 23.5 Å². The van der Waals surface area contributed by atoms with E-state index in [2.05, 4.69) is 32.5 Å². The first-order chi connectivity index (χ1) is 18.4. The molecule has 0 atom stereocenters. The van der Waals surface area contributed by atoms with Crippen LogP contribution in [0.25, 0.3) is 11.3 Å². The van der Waals surface area contributed by atoms with Crippen LogP contribution in [-0.2, 0) is 10.3 Å². The normalized spacial score (nSPS) is 20.7. The van der Waals surface area contributed by atoms with E-state index in [4.69, 9.17) is 0 Å². The van der Waals surface area contributed by atoms with E-state index in [1.165, 1.54) is 0 Å². The lowest BCUT2D eigenvalue weighted by Gasteiger charge is -2.43. The molecule has 192 valence electrons. The molecule has 3 aromatic rings. The minimum absolute atomic E-state index is 0.0302. The van der Waals surface area contributed by atoms with Gasteiger partial charge in [-0.15, -0.1) is 0 Å². The van der Waals surface area contributed by atoms with Gasteiger partial charge < -0.3 is 15.1 Å². The highest BCUT2D eigenvalue weighted by Gasteiger charge is 2.46. The van der Waals surface area contributed by atoms with Crippen LogP contribution in [0.5, 0.6) is 0 Å². The molecule has 1 N–H and O–H groups in total. The molecule has 2 aliphatic rings. The predicted molar refractivity (Wildman–Crippen MR) is 138 cm³/mol. The van der Waals surface area contributed by atoms with Gasteiger partial charge in [0.15, 0.2) is 0 Å². The van der Waals surface area contributed by atoms with Crippen molar-refractivity contribution in [2.45, 2.75) is 31.7 Å². The Morgan fingerprint density at radius 2 is 1.79 bits per heavy atom. The molecule has 0 spiro atoms. The minimum Gasteiger partial charge on any atom is -0.339 e. The largest absolute Gasteiger partial charge is 0.339 e. The van der Waals surface area contributed by atoms with E-state index >= 15 is 0 Å². The molecule has 3 heterocycles. The molecule has 0 unspecified atom stereocenters. The van der Waals surface area contributed by atoms with Crippen molar-refractivity contribution in [2.24, 2.45) is 5.92 Å². The van der Waals surface area contributed by atoms with Gasteiger partial charge in [-0.05, 0) is 43.2 Å². The third kappa shape index (κ3) is 4.91. The van der Waals surface area contributed by atoms with Crippen molar-refractivity contribution in [2.75, 3.05) is 31.5 Å². The van der Waals surface area contributed by atoms with Crippen LogP contribution in [0.2, 0.25) is 0 Å². The molecule has 1 aliphatic carbocycles. The maximum Gasteiger partial charge on any atom is 0.253 e. The molecule has 1 aromatic carbocycles. The summed E-state index contributed by atoms with van der Waals surface area (Å²) in [6.45, 7) is 3.68. The van der Waals surface area contributed by atoms with Gasteiger partial charge in [0.25, 0.3) is 5.91 Å². The van der Waals surface area contributed by atoms with Gasteiger partial charge in [-0.1, -0.05) is 0 Å². The molecule has 1 aliphatic heterocycles. The first kappa shape index (κ1) is 24.9. The maximum absolute atomic E-state index is 12.9. The molecule has 2 aromatic heterocycles. The van der Waals surface area contributed by atoms with Crippen molar-refractivity contribution in [3.63, 3.8) is 0 Å². The zero-order valence-electron chi connectivity index (χ0n) is 21.0. The Morgan fingerprint density at radius 3 is 2.45 bits per heavy atom. The second-order valence-corrected chi connectivity index (χ2v) is 9.73. The topological polar surface area (TPSA) is 144 Å². The van der Waals surface area contributed by atoms with Crippen molar-refractivity contribution in [1.29, 1.82) is 10.5 Å². The monoisotopic (exact) mass is 509 g/mol. The average Bonchev–Trinajstić information content (AvgIpc) is 3.41. The number of hydrogen-bond donors (Lipinski definition) is 1. The Hall–Kier alpha value is -4.77. The van der Waals surface area contributed by atoms with Gasteiger partial charge >= 0.3 is 0 Å². The van der Waals surface area contributed by atoms with E-state index in [1.54, 1.807) is 64.1 Å². The van der Waals surface area contributed by atoms with Crippen LogP contribution in [0.3, 0.4) is 0 Å². The van der Waals surface area contributed by atoms with Gasteiger partial charge in [-0.3, -0.25) is 14.3 Å². The van der Waals surface area contributed by atoms with E-state index in [9.17, 15) is 20.1 Å². The van der Waals surface area contributed by atoms with Crippen LogP contribution in [0.1, 0.15) is 36.5 Å². The summed E-state index contributed by atoms with van der Waals surface area (Å²) in [6, 6.07) is 13.4. The fraction of sp³-hybridized carbons (Fsp3) is 0.370. The lowest BCUT2D eigenvalue weighted by atomic mass is 9.67.